The molecule has 2 rings (SSSR count). The Hall–Kier alpha value is -0.220. The number of amides is 1. The van der Waals surface area contributed by atoms with Crippen LogP contribution in [0.15, 0.2) is 0 Å². The lowest BCUT2D eigenvalue weighted by Crippen LogP contribution is -2.57. The van der Waals surface area contributed by atoms with Gasteiger partial charge in [0.05, 0.1) is 24.0 Å². The number of hydrogen-bond acceptors (Lipinski definition) is 3. The lowest BCUT2D eigenvalue weighted by molar-refractivity contribution is -0.149. The van der Waals surface area contributed by atoms with Crippen LogP contribution in [0, 0.1) is 5.92 Å². The SMILES string of the molecule is CC(C)C(S)C(=O)N1CCOC2CCCCC21. The van der Waals surface area contributed by atoms with Gasteiger partial charge in [-0.1, -0.05) is 26.7 Å². The molecule has 2 fully saturated rings. The summed E-state index contributed by atoms with van der Waals surface area (Å²) in [6, 6.07) is 0.304. The van der Waals surface area contributed by atoms with Crippen LogP contribution in [-0.2, 0) is 9.53 Å². The zero-order chi connectivity index (χ0) is 12.4. The van der Waals surface area contributed by atoms with Gasteiger partial charge in [-0.15, -0.1) is 0 Å². The summed E-state index contributed by atoms with van der Waals surface area (Å²) < 4.78 is 5.78. The Morgan fingerprint density at radius 3 is 2.76 bits per heavy atom. The molecule has 0 radical (unpaired) electrons. The van der Waals surface area contributed by atoms with Crippen LogP contribution >= 0.6 is 12.6 Å². The summed E-state index contributed by atoms with van der Waals surface area (Å²) in [4.78, 5) is 14.4. The maximum absolute atomic E-state index is 12.4. The van der Waals surface area contributed by atoms with Gasteiger partial charge in [-0.05, 0) is 18.8 Å². The number of rotatable bonds is 2. The molecule has 1 aliphatic heterocycles. The largest absolute Gasteiger partial charge is 0.374 e. The molecule has 1 saturated heterocycles. The summed E-state index contributed by atoms with van der Waals surface area (Å²) in [5.41, 5.74) is 0. The number of carbonyl (C=O) groups is 1. The molecule has 3 nitrogen and oxygen atoms in total. The first kappa shape index (κ1) is 13.2. The molecule has 3 unspecified atom stereocenters. The first-order chi connectivity index (χ1) is 8.11. The quantitative estimate of drug-likeness (QED) is 0.768. The minimum Gasteiger partial charge on any atom is -0.374 e. The van der Waals surface area contributed by atoms with Gasteiger partial charge in [-0.2, -0.15) is 12.6 Å². The fourth-order valence-electron chi connectivity index (χ4n) is 2.83. The molecule has 0 spiro atoms. The third-order valence-electron chi connectivity index (χ3n) is 3.90. The Labute approximate surface area is 109 Å². The van der Waals surface area contributed by atoms with E-state index in [1.807, 2.05) is 18.7 Å². The number of morpholine rings is 1. The zero-order valence-electron chi connectivity index (χ0n) is 10.8. The Bertz CT molecular complexity index is 281. The van der Waals surface area contributed by atoms with E-state index in [1.54, 1.807) is 0 Å². The average Bonchev–Trinajstić information content (AvgIpc) is 2.36. The van der Waals surface area contributed by atoms with E-state index < -0.39 is 0 Å². The van der Waals surface area contributed by atoms with Gasteiger partial charge in [0.15, 0.2) is 0 Å². The van der Waals surface area contributed by atoms with E-state index in [0.29, 0.717) is 12.6 Å². The van der Waals surface area contributed by atoms with Crippen molar-refractivity contribution in [3.8, 4) is 0 Å². The van der Waals surface area contributed by atoms with Crippen molar-refractivity contribution < 1.29 is 9.53 Å². The van der Waals surface area contributed by atoms with E-state index >= 15 is 0 Å². The van der Waals surface area contributed by atoms with Crippen molar-refractivity contribution in [3.05, 3.63) is 0 Å². The highest BCUT2D eigenvalue weighted by atomic mass is 32.1. The molecular formula is C13H23NO2S. The van der Waals surface area contributed by atoms with Crippen LogP contribution in [0.1, 0.15) is 39.5 Å². The fourth-order valence-corrected chi connectivity index (χ4v) is 2.97. The Morgan fingerprint density at radius 2 is 2.06 bits per heavy atom. The molecule has 0 aromatic carbocycles. The van der Waals surface area contributed by atoms with Gasteiger partial charge in [0.25, 0.3) is 0 Å². The van der Waals surface area contributed by atoms with Crippen LogP contribution in [0.25, 0.3) is 0 Å². The molecule has 1 saturated carbocycles. The van der Waals surface area contributed by atoms with Crippen LogP contribution in [0.2, 0.25) is 0 Å². The highest BCUT2D eigenvalue weighted by Crippen LogP contribution is 2.29. The molecule has 2 aliphatic rings. The topological polar surface area (TPSA) is 29.5 Å². The lowest BCUT2D eigenvalue weighted by Gasteiger charge is -2.44. The maximum Gasteiger partial charge on any atom is 0.236 e. The smallest absolute Gasteiger partial charge is 0.236 e. The predicted molar refractivity (Wildman–Crippen MR) is 71.3 cm³/mol. The van der Waals surface area contributed by atoms with E-state index in [-0.39, 0.29) is 23.2 Å². The molecular weight excluding hydrogens is 234 g/mol. The highest BCUT2D eigenvalue weighted by molar-refractivity contribution is 7.81. The molecule has 1 amide bonds. The zero-order valence-corrected chi connectivity index (χ0v) is 11.7. The molecule has 0 N–H and O–H groups in total. The first-order valence-electron chi connectivity index (χ1n) is 6.71. The van der Waals surface area contributed by atoms with Crippen LogP contribution in [0.4, 0.5) is 0 Å². The number of thiol groups is 1. The van der Waals surface area contributed by atoms with Crippen LogP contribution < -0.4 is 0 Å². The first-order valence-corrected chi connectivity index (χ1v) is 7.23. The van der Waals surface area contributed by atoms with Gasteiger partial charge in [0, 0.05) is 6.54 Å². The highest BCUT2D eigenvalue weighted by Gasteiger charge is 2.38. The minimum absolute atomic E-state index is 0.171. The van der Waals surface area contributed by atoms with Gasteiger partial charge in [-0.25, -0.2) is 0 Å². The third-order valence-corrected chi connectivity index (χ3v) is 4.72. The number of fused-ring (bicyclic) bond motifs is 1. The summed E-state index contributed by atoms with van der Waals surface area (Å²) in [5.74, 6) is 0.485. The van der Waals surface area contributed by atoms with Crippen molar-refractivity contribution in [2.75, 3.05) is 13.2 Å². The minimum atomic E-state index is -0.171. The molecule has 0 bridgehead atoms. The number of ether oxygens (including phenoxy) is 1. The second-order valence-corrected chi connectivity index (χ2v) is 6.04. The van der Waals surface area contributed by atoms with E-state index in [1.165, 1.54) is 12.8 Å². The summed E-state index contributed by atoms with van der Waals surface area (Å²) in [6.07, 6.45) is 4.92. The van der Waals surface area contributed by atoms with Crippen molar-refractivity contribution >= 4 is 18.5 Å². The summed E-state index contributed by atoms with van der Waals surface area (Å²) in [6.45, 7) is 5.53. The molecule has 17 heavy (non-hydrogen) atoms. The van der Waals surface area contributed by atoms with Crippen molar-refractivity contribution in [1.82, 2.24) is 4.90 Å². The van der Waals surface area contributed by atoms with E-state index in [4.69, 9.17) is 4.74 Å². The molecule has 0 aromatic rings. The van der Waals surface area contributed by atoms with Crippen LogP contribution in [-0.4, -0.2) is 41.4 Å². The standard InChI is InChI=1S/C13H23NO2S/c1-9(2)12(17)13(15)14-7-8-16-11-6-4-3-5-10(11)14/h9-12,17H,3-8H2,1-2H3. The monoisotopic (exact) mass is 257 g/mol. The van der Waals surface area contributed by atoms with Crippen LogP contribution in [0.5, 0.6) is 0 Å². The molecule has 1 aliphatic carbocycles. The normalized spacial score (nSPS) is 31.2. The number of hydrogen-bond donors (Lipinski definition) is 1. The predicted octanol–water partition coefficient (Wildman–Crippen LogP) is 2.11. The Morgan fingerprint density at radius 1 is 1.35 bits per heavy atom. The average molecular weight is 257 g/mol. The summed E-state index contributed by atoms with van der Waals surface area (Å²) in [5, 5.41) is -0.171. The second-order valence-electron chi connectivity index (χ2n) is 5.48. The van der Waals surface area contributed by atoms with Crippen molar-refractivity contribution in [2.45, 2.75) is 56.9 Å². The van der Waals surface area contributed by atoms with Gasteiger partial charge in [0.2, 0.25) is 5.91 Å². The van der Waals surface area contributed by atoms with Crippen LogP contribution in [0.3, 0.4) is 0 Å². The molecule has 3 atom stereocenters. The number of carbonyl (C=O) groups excluding carboxylic acids is 1. The molecule has 0 aromatic heterocycles. The van der Waals surface area contributed by atoms with Crippen molar-refractivity contribution in [1.29, 1.82) is 0 Å². The second kappa shape index (κ2) is 5.61. The van der Waals surface area contributed by atoms with E-state index in [2.05, 4.69) is 12.6 Å². The van der Waals surface area contributed by atoms with Gasteiger partial charge in [-0.3, -0.25) is 4.79 Å². The summed E-state index contributed by atoms with van der Waals surface area (Å²) >= 11 is 4.45. The molecule has 1 heterocycles. The Kier molecular flexibility index (Phi) is 4.36. The fraction of sp³-hybridized carbons (Fsp3) is 0.923. The van der Waals surface area contributed by atoms with Gasteiger partial charge in [0.1, 0.15) is 0 Å². The van der Waals surface area contributed by atoms with Crippen molar-refractivity contribution in [2.24, 2.45) is 5.92 Å². The van der Waals surface area contributed by atoms with Gasteiger partial charge < -0.3 is 9.64 Å². The molecule has 4 heteroatoms. The summed E-state index contributed by atoms with van der Waals surface area (Å²) in [7, 11) is 0. The van der Waals surface area contributed by atoms with Gasteiger partial charge >= 0.3 is 0 Å². The van der Waals surface area contributed by atoms with E-state index in [0.717, 1.165) is 19.4 Å². The third kappa shape index (κ3) is 2.79. The van der Waals surface area contributed by atoms with E-state index in [9.17, 15) is 4.79 Å². The molecule has 98 valence electrons. The Balaban J connectivity index is 2.05. The maximum atomic E-state index is 12.4. The number of nitrogens with zero attached hydrogens (tertiary/aromatic N) is 1. The van der Waals surface area contributed by atoms with Crippen molar-refractivity contribution in [3.63, 3.8) is 0 Å². The lowest BCUT2D eigenvalue weighted by atomic mass is 9.89.